The molecule has 0 aliphatic carbocycles. The van der Waals surface area contributed by atoms with Gasteiger partial charge in [-0.1, -0.05) is 12.1 Å². The molecule has 4 rings (SSSR count). The van der Waals surface area contributed by atoms with Crippen LogP contribution in [0.4, 0.5) is 17.6 Å². The van der Waals surface area contributed by atoms with Crippen LogP contribution < -0.4 is 14.8 Å². The number of hydrogen-bond donors (Lipinski definition) is 1. The molecule has 0 radical (unpaired) electrons. The quantitative estimate of drug-likeness (QED) is 0.636. The highest BCUT2D eigenvalue weighted by atomic mass is 19.3. The zero-order chi connectivity index (χ0) is 22.0. The number of carbonyl (C=O) groups is 1. The molecule has 0 saturated carbocycles. The minimum Gasteiger partial charge on any atom is -0.491 e. The summed E-state index contributed by atoms with van der Waals surface area (Å²) in [6.07, 6.45) is -2.38. The van der Waals surface area contributed by atoms with Gasteiger partial charge in [-0.05, 0) is 23.6 Å². The molecule has 0 spiro atoms. The first kappa shape index (κ1) is 21.4. The number of nitrogens with zero attached hydrogens (tertiary/aromatic N) is 2. The predicted octanol–water partition coefficient (Wildman–Crippen LogP) is 2.81. The third-order valence-electron chi connectivity index (χ3n) is 5.08. The van der Waals surface area contributed by atoms with Crippen molar-refractivity contribution >= 4 is 5.91 Å². The average Bonchev–Trinajstić information content (AvgIpc) is 3.26. The van der Waals surface area contributed by atoms with Crippen molar-refractivity contribution in [2.24, 2.45) is 0 Å². The standard InChI is InChI=1S/C20H21F4N3O4/c21-17(22)6-11-1-2-16-12(5-11)7-13(10-30-16)25-19(28)15-8-18-27(26-15)9-14(31-18)3-4-29-20(23)24/h1-2,5,8,13-14,17,20H,3-4,6-7,9-10H2,(H,25,28)/t13-,14+/m1/s1. The van der Waals surface area contributed by atoms with Crippen LogP contribution in [0.5, 0.6) is 11.6 Å². The van der Waals surface area contributed by atoms with Crippen molar-refractivity contribution in [2.45, 2.75) is 51.0 Å². The topological polar surface area (TPSA) is 74.6 Å². The first-order valence-corrected chi connectivity index (χ1v) is 9.85. The Labute approximate surface area is 175 Å². The van der Waals surface area contributed by atoms with Crippen LogP contribution in [-0.4, -0.2) is 54.1 Å². The molecule has 1 amide bonds. The summed E-state index contributed by atoms with van der Waals surface area (Å²) in [7, 11) is 0. The molecule has 0 fully saturated rings. The number of amides is 1. The molecule has 0 unspecified atom stereocenters. The Hall–Kier alpha value is -2.82. The minimum absolute atomic E-state index is 0.136. The van der Waals surface area contributed by atoms with E-state index in [0.717, 1.165) is 5.56 Å². The van der Waals surface area contributed by atoms with Gasteiger partial charge in [0.25, 0.3) is 5.91 Å². The van der Waals surface area contributed by atoms with Crippen LogP contribution in [-0.2, 0) is 24.1 Å². The molecule has 2 aromatic rings. The van der Waals surface area contributed by atoms with Crippen LogP contribution in [0.15, 0.2) is 24.3 Å². The third-order valence-corrected chi connectivity index (χ3v) is 5.08. The van der Waals surface area contributed by atoms with Gasteiger partial charge in [0.2, 0.25) is 12.3 Å². The van der Waals surface area contributed by atoms with Gasteiger partial charge in [-0.3, -0.25) is 4.79 Å². The lowest BCUT2D eigenvalue weighted by molar-refractivity contribution is -0.132. The molecule has 7 nitrogen and oxygen atoms in total. The van der Waals surface area contributed by atoms with Gasteiger partial charge in [0, 0.05) is 18.9 Å². The van der Waals surface area contributed by atoms with E-state index in [1.807, 2.05) is 0 Å². The Morgan fingerprint density at radius 2 is 2.13 bits per heavy atom. The molecule has 0 bridgehead atoms. The zero-order valence-electron chi connectivity index (χ0n) is 16.4. The van der Waals surface area contributed by atoms with Gasteiger partial charge in [-0.2, -0.15) is 13.9 Å². The molecule has 2 aliphatic heterocycles. The monoisotopic (exact) mass is 443 g/mol. The van der Waals surface area contributed by atoms with Gasteiger partial charge < -0.3 is 19.5 Å². The van der Waals surface area contributed by atoms with E-state index >= 15 is 0 Å². The van der Waals surface area contributed by atoms with Crippen molar-refractivity contribution < 1.29 is 36.6 Å². The van der Waals surface area contributed by atoms with Crippen LogP contribution in [0.2, 0.25) is 0 Å². The number of halogens is 4. The van der Waals surface area contributed by atoms with E-state index in [9.17, 15) is 22.4 Å². The molecule has 3 heterocycles. The number of fused-ring (bicyclic) bond motifs is 2. The number of rotatable bonds is 8. The normalized spacial score (nSPS) is 19.7. The van der Waals surface area contributed by atoms with Gasteiger partial charge in [-0.25, -0.2) is 13.5 Å². The highest BCUT2D eigenvalue weighted by Crippen LogP contribution is 2.28. The highest BCUT2D eigenvalue weighted by Gasteiger charge is 2.28. The molecular formula is C20H21F4N3O4. The molecule has 1 aromatic carbocycles. The maximum absolute atomic E-state index is 12.6. The molecule has 0 saturated heterocycles. The molecule has 11 heteroatoms. The number of nitrogens with one attached hydrogen (secondary N) is 1. The predicted molar refractivity (Wildman–Crippen MR) is 99.8 cm³/mol. The smallest absolute Gasteiger partial charge is 0.345 e. The summed E-state index contributed by atoms with van der Waals surface area (Å²) < 4.78 is 66.3. The fourth-order valence-electron chi connectivity index (χ4n) is 3.68. The molecular weight excluding hydrogens is 422 g/mol. The second-order valence-electron chi connectivity index (χ2n) is 7.43. The van der Waals surface area contributed by atoms with E-state index < -0.39 is 18.9 Å². The van der Waals surface area contributed by atoms with E-state index in [1.165, 1.54) is 10.7 Å². The van der Waals surface area contributed by atoms with Crippen molar-refractivity contribution in [1.82, 2.24) is 15.1 Å². The van der Waals surface area contributed by atoms with E-state index in [1.54, 1.807) is 18.2 Å². The summed E-state index contributed by atoms with van der Waals surface area (Å²) in [5.41, 5.74) is 1.44. The Morgan fingerprint density at radius 1 is 1.29 bits per heavy atom. The van der Waals surface area contributed by atoms with Crippen molar-refractivity contribution in [2.75, 3.05) is 13.2 Å². The largest absolute Gasteiger partial charge is 0.491 e. The summed E-state index contributed by atoms with van der Waals surface area (Å²) in [4.78, 5) is 12.6. The first-order valence-electron chi connectivity index (χ1n) is 9.85. The Balaban J connectivity index is 1.31. The van der Waals surface area contributed by atoms with E-state index in [4.69, 9.17) is 9.47 Å². The number of ether oxygens (including phenoxy) is 3. The SMILES string of the molecule is O=C(N[C@H]1COc2ccc(CC(F)F)cc2C1)c1cc2n(n1)C[C@H](CCOC(F)F)O2. The number of carbonyl (C=O) groups excluding carboxylic acids is 1. The summed E-state index contributed by atoms with van der Waals surface area (Å²) in [5.74, 6) is 0.595. The van der Waals surface area contributed by atoms with Gasteiger partial charge in [-0.15, -0.1) is 0 Å². The van der Waals surface area contributed by atoms with Gasteiger partial charge >= 0.3 is 6.61 Å². The number of hydrogen-bond acceptors (Lipinski definition) is 5. The maximum Gasteiger partial charge on any atom is 0.345 e. The number of benzene rings is 1. The lowest BCUT2D eigenvalue weighted by Crippen LogP contribution is -2.43. The fraction of sp³-hybridized carbons (Fsp3) is 0.500. The summed E-state index contributed by atoms with van der Waals surface area (Å²) in [6, 6.07) is 6.12. The average molecular weight is 443 g/mol. The minimum atomic E-state index is -2.82. The summed E-state index contributed by atoms with van der Waals surface area (Å²) >= 11 is 0. The molecule has 168 valence electrons. The van der Waals surface area contributed by atoms with Crippen LogP contribution in [0.3, 0.4) is 0 Å². The van der Waals surface area contributed by atoms with Crippen molar-refractivity contribution in [3.63, 3.8) is 0 Å². The molecule has 1 N–H and O–H groups in total. The Bertz CT molecular complexity index is 914. The van der Waals surface area contributed by atoms with Crippen molar-refractivity contribution in [3.05, 3.63) is 41.1 Å². The fourth-order valence-corrected chi connectivity index (χ4v) is 3.68. The lowest BCUT2D eigenvalue weighted by atomic mass is 9.99. The van der Waals surface area contributed by atoms with E-state index in [-0.39, 0.29) is 43.9 Å². The first-order chi connectivity index (χ1) is 14.9. The van der Waals surface area contributed by atoms with Crippen LogP contribution in [0.1, 0.15) is 28.0 Å². The highest BCUT2D eigenvalue weighted by molar-refractivity contribution is 5.92. The van der Waals surface area contributed by atoms with Crippen LogP contribution in [0.25, 0.3) is 0 Å². The summed E-state index contributed by atoms with van der Waals surface area (Å²) in [6.45, 7) is -2.37. The number of aromatic nitrogens is 2. The molecule has 31 heavy (non-hydrogen) atoms. The van der Waals surface area contributed by atoms with Crippen LogP contribution in [0, 0.1) is 0 Å². The molecule has 2 aliphatic rings. The van der Waals surface area contributed by atoms with Crippen molar-refractivity contribution in [3.8, 4) is 11.6 Å². The zero-order valence-corrected chi connectivity index (χ0v) is 16.4. The second kappa shape index (κ2) is 9.13. The van der Waals surface area contributed by atoms with Gasteiger partial charge in [0.15, 0.2) is 5.69 Å². The Morgan fingerprint density at radius 3 is 2.87 bits per heavy atom. The number of alkyl halides is 4. The Kier molecular flexibility index (Phi) is 6.30. The van der Waals surface area contributed by atoms with E-state index in [2.05, 4.69) is 15.2 Å². The summed E-state index contributed by atoms with van der Waals surface area (Å²) in [5, 5.41) is 7.04. The van der Waals surface area contributed by atoms with Gasteiger partial charge in [0.1, 0.15) is 18.5 Å². The molecule has 2 atom stereocenters. The molecule has 1 aromatic heterocycles. The van der Waals surface area contributed by atoms with Gasteiger partial charge in [0.05, 0.1) is 19.2 Å². The van der Waals surface area contributed by atoms with Crippen molar-refractivity contribution in [1.29, 1.82) is 0 Å². The van der Waals surface area contributed by atoms with Crippen LogP contribution >= 0.6 is 0 Å². The lowest BCUT2D eigenvalue weighted by Gasteiger charge is -2.26. The third kappa shape index (κ3) is 5.27. The maximum atomic E-state index is 12.6. The van der Waals surface area contributed by atoms with E-state index in [0.29, 0.717) is 30.2 Å². The second-order valence-corrected chi connectivity index (χ2v) is 7.43.